The molecule has 1 nitrogen and oxygen atoms in total. The average molecular weight is 201 g/mol. The van der Waals surface area contributed by atoms with E-state index in [2.05, 4.69) is 56.3 Å². The molecule has 0 saturated heterocycles. The summed E-state index contributed by atoms with van der Waals surface area (Å²) in [6, 6.07) is 9.16. The van der Waals surface area contributed by atoms with Gasteiger partial charge in [-0.25, -0.2) is 0 Å². The lowest BCUT2D eigenvalue weighted by Crippen LogP contribution is -2.28. The van der Waals surface area contributed by atoms with Gasteiger partial charge >= 0.3 is 0 Å². The molecule has 0 heterocycles. The lowest BCUT2D eigenvalue weighted by atomic mass is 10.0. The van der Waals surface area contributed by atoms with Gasteiger partial charge in [0.05, 0.1) is 0 Å². The van der Waals surface area contributed by atoms with Crippen molar-refractivity contribution >= 4 is 0 Å². The highest BCUT2D eigenvalue weighted by atomic mass is 14.9. The Morgan fingerprint density at radius 1 is 1.33 bits per heavy atom. The summed E-state index contributed by atoms with van der Waals surface area (Å²) >= 11 is 0. The van der Waals surface area contributed by atoms with Gasteiger partial charge in [-0.2, -0.15) is 0 Å². The molecule has 0 aliphatic heterocycles. The molecule has 0 aromatic heterocycles. The van der Waals surface area contributed by atoms with E-state index in [1.165, 1.54) is 11.1 Å². The minimum absolute atomic E-state index is 0.356. The molecule has 1 aromatic carbocycles. The summed E-state index contributed by atoms with van der Waals surface area (Å²) in [5.41, 5.74) is 2.67. The Morgan fingerprint density at radius 3 is 2.60 bits per heavy atom. The van der Waals surface area contributed by atoms with Gasteiger partial charge in [0.25, 0.3) is 0 Å². The fourth-order valence-electron chi connectivity index (χ4n) is 1.82. The van der Waals surface area contributed by atoms with Crippen LogP contribution in [0.5, 0.6) is 0 Å². The van der Waals surface area contributed by atoms with Crippen molar-refractivity contribution in [1.29, 1.82) is 0 Å². The van der Waals surface area contributed by atoms with Crippen LogP contribution in [-0.4, -0.2) is 6.04 Å². The van der Waals surface area contributed by atoms with Gasteiger partial charge in [0.2, 0.25) is 0 Å². The van der Waals surface area contributed by atoms with Crippen LogP contribution in [0.25, 0.3) is 0 Å². The van der Waals surface area contributed by atoms with Gasteiger partial charge in [0.15, 0.2) is 0 Å². The molecular formula is C14H19N. The van der Waals surface area contributed by atoms with Gasteiger partial charge in [-0.15, -0.1) is 12.3 Å². The van der Waals surface area contributed by atoms with E-state index in [4.69, 9.17) is 6.42 Å². The van der Waals surface area contributed by atoms with E-state index in [-0.39, 0.29) is 0 Å². The van der Waals surface area contributed by atoms with E-state index < -0.39 is 0 Å². The number of terminal acetylenes is 1. The zero-order valence-electron chi connectivity index (χ0n) is 9.75. The van der Waals surface area contributed by atoms with Crippen molar-refractivity contribution in [2.75, 3.05) is 0 Å². The van der Waals surface area contributed by atoms with Crippen molar-refractivity contribution in [3.05, 3.63) is 35.4 Å². The molecule has 0 bridgehead atoms. The van der Waals surface area contributed by atoms with Crippen LogP contribution in [0.15, 0.2) is 24.3 Å². The molecule has 15 heavy (non-hydrogen) atoms. The van der Waals surface area contributed by atoms with Crippen molar-refractivity contribution in [3.63, 3.8) is 0 Å². The second-order valence-corrected chi connectivity index (χ2v) is 4.05. The highest BCUT2D eigenvalue weighted by molar-refractivity contribution is 5.28. The Morgan fingerprint density at radius 2 is 2.00 bits per heavy atom. The molecule has 2 atom stereocenters. The second-order valence-electron chi connectivity index (χ2n) is 4.05. The summed E-state index contributed by atoms with van der Waals surface area (Å²) < 4.78 is 0. The minimum atomic E-state index is 0.356. The zero-order chi connectivity index (χ0) is 11.3. The van der Waals surface area contributed by atoms with Crippen molar-refractivity contribution in [1.82, 2.24) is 5.32 Å². The maximum atomic E-state index is 5.28. The van der Waals surface area contributed by atoms with Crippen LogP contribution in [0.3, 0.4) is 0 Å². The fourth-order valence-corrected chi connectivity index (χ4v) is 1.82. The van der Waals surface area contributed by atoms with Gasteiger partial charge < -0.3 is 5.32 Å². The van der Waals surface area contributed by atoms with Crippen molar-refractivity contribution < 1.29 is 0 Å². The van der Waals surface area contributed by atoms with E-state index in [1.54, 1.807) is 0 Å². The van der Waals surface area contributed by atoms with Crippen LogP contribution in [-0.2, 0) is 0 Å². The third kappa shape index (κ3) is 3.42. The molecule has 2 unspecified atom stereocenters. The zero-order valence-corrected chi connectivity index (χ0v) is 9.75. The molecule has 0 aliphatic carbocycles. The highest BCUT2D eigenvalue weighted by Gasteiger charge is 2.09. The van der Waals surface area contributed by atoms with Crippen LogP contribution in [0.4, 0.5) is 0 Å². The molecular weight excluding hydrogens is 182 g/mol. The molecule has 1 heteroatoms. The second kappa shape index (κ2) is 5.58. The van der Waals surface area contributed by atoms with Crippen LogP contribution >= 0.6 is 0 Å². The number of hydrogen-bond donors (Lipinski definition) is 1. The number of hydrogen-bond acceptors (Lipinski definition) is 1. The van der Waals surface area contributed by atoms with Gasteiger partial charge in [0.1, 0.15) is 0 Å². The van der Waals surface area contributed by atoms with Gasteiger partial charge in [-0.05, 0) is 31.9 Å². The predicted octanol–water partition coefficient (Wildman–Crippen LogP) is 3.06. The molecule has 0 spiro atoms. The largest absolute Gasteiger partial charge is 0.307 e. The third-order valence-corrected chi connectivity index (χ3v) is 2.61. The van der Waals surface area contributed by atoms with Gasteiger partial charge in [-0.3, -0.25) is 0 Å². The molecule has 1 rings (SSSR count). The van der Waals surface area contributed by atoms with Gasteiger partial charge in [-0.1, -0.05) is 24.3 Å². The Labute approximate surface area is 92.9 Å². The molecule has 0 radical (unpaired) electrons. The number of rotatable bonds is 4. The molecule has 1 N–H and O–H groups in total. The standard InChI is InChI=1S/C14H19N/c1-5-8-12(3)15-13(4)14-10-7-6-9-11(14)2/h1,6-7,9-10,12-13,15H,8H2,2-4H3. The lowest BCUT2D eigenvalue weighted by molar-refractivity contribution is 0.485. The first kappa shape index (κ1) is 11.8. The summed E-state index contributed by atoms with van der Waals surface area (Å²) in [5.74, 6) is 2.68. The summed E-state index contributed by atoms with van der Waals surface area (Å²) in [4.78, 5) is 0. The monoisotopic (exact) mass is 201 g/mol. The van der Waals surface area contributed by atoms with Crippen molar-refractivity contribution in [2.24, 2.45) is 0 Å². The van der Waals surface area contributed by atoms with Crippen LogP contribution < -0.4 is 5.32 Å². The predicted molar refractivity (Wildman–Crippen MR) is 65.6 cm³/mol. The quantitative estimate of drug-likeness (QED) is 0.738. The molecule has 80 valence electrons. The Bertz CT molecular complexity index is 349. The SMILES string of the molecule is C#CCC(C)NC(C)c1ccccc1C. The van der Waals surface area contributed by atoms with Crippen LogP contribution in [0.2, 0.25) is 0 Å². The number of nitrogens with one attached hydrogen (secondary N) is 1. The first-order valence-corrected chi connectivity index (χ1v) is 5.40. The molecule has 0 fully saturated rings. The van der Waals surface area contributed by atoms with E-state index >= 15 is 0 Å². The maximum Gasteiger partial charge on any atom is 0.0297 e. The van der Waals surface area contributed by atoms with E-state index in [0.717, 1.165) is 6.42 Å². The van der Waals surface area contributed by atoms with Crippen LogP contribution in [0.1, 0.15) is 37.4 Å². The third-order valence-electron chi connectivity index (χ3n) is 2.61. The topological polar surface area (TPSA) is 12.0 Å². The lowest BCUT2D eigenvalue weighted by Gasteiger charge is -2.20. The van der Waals surface area contributed by atoms with Crippen molar-refractivity contribution in [2.45, 2.75) is 39.3 Å². The summed E-state index contributed by atoms with van der Waals surface area (Å²) in [6.07, 6.45) is 6.06. The Balaban J connectivity index is 2.66. The fraction of sp³-hybridized carbons (Fsp3) is 0.429. The van der Waals surface area contributed by atoms with E-state index in [1.807, 2.05) is 0 Å². The van der Waals surface area contributed by atoms with E-state index in [0.29, 0.717) is 12.1 Å². The molecule has 1 aromatic rings. The first-order valence-electron chi connectivity index (χ1n) is 5.40. The molecule has 0 aliphatic rings. The van der Waals surface area contributed by atoms with Gasteiger partial charge in [0, 0.05) is 18.5 Å². The summed E-state index contributed by atoms with van der Waals surface area (Å²) in [6.45, 7) is 6.43. The number of benzene rings is 1. The van der Waals surface area contributed by atoms with E-state index in [9.17, 15) is 0 Å². The highest BCUT2D eigenvalue weighted by Crippen LogP contribution is 2.17. The smallest absolute Gasteiger partial charge is 0.0297 e. The average Bonchev–Trinajstić information content (AvgIpc) is 2.18. The normalized spacial score (nSPS) is 14.3. The first-order chi connectivity index (χ1) is 7.15. The van der Waals surface area contributed by atoms with Crippen molar-refractivity contribution in [3.8, 4) is 12.3 Å². The Hall–Kier alpha value is -1.26. The number of aryl methyl sites for hydroxylation is 1. The van der Waals surface area contributed by atoms with Crippen LogP contribution in [0, 0.1) is 19.3 Å². The summed E-state index contributed by atoms with van der Waals surface area (Å²) in [7, 11) is 0. The Kier molecular flexibility index (Phi) is 4.39. The molecule has 0 saturated carbocycles. The summed E-state index contributed by atoms with van der Waals surface area (Å²) in [5, 5.41) is 3.50. The maximum absolute atomic E-state index is 5.28. The molecule has 0 amide bonds. The minimum Gasteiger partial charge on any atom is -0.307 e.